The Morgan fingerprint density at radius 1 is 1.24 bits per heavy atom. The summed E-state index contributed by atoms with van der Waals surface area (Å²) in [6.07, 6.45) is 0.829. The van der Waals surface area contributed by atoms with Crippen molar-refractivity contribution in [2.75, 3.05) is 26.4 Å². The Balaban J connectivity index is 2.74. The zero-order valence-electron chi connectivity index (χ0n) is 13.1. The van der Waals surface area contributed by atoms with Crippen LogP contribution in [0.15, 0.2) is 24.3 Å². The van der Waals surface area contributed by atoms with E-state index in [0.29, 0.717) is 0 Å². The number of sulfonamides is 1. The van der Waals surface area contributed by atoms with Gasteiger partial charge in [-0.2, -0.15) is 0 Å². The van der Waals surface area contributed by atoms with Crippen molar-refractivity contribution in [1.82, 2.24) is 9.62 Å². The molecule has 0 heterocycles. The molecular weight excluding hydrogens is 291 g/mol. The molecule has 0 aliphatic heterocycles. The molecule has 0 spiro atoms. The molecule has 1 aromatic rings. The first-order valence-corrected chi connectivity index (χ1v) is 8.79. The summed E-state index contributed by atoms with van der Waals surface area (Å²) < 4.78 is 39.7. The highest BCUT2D eigenvalue weighted by atomic mass is 32.2. The van der Waals surface area contributed by atoms with Crippen LogP contribution in [0.3, 0.4) is 0 Å². The van der Waals surface area contributed by atoms with Gasteiger partial charge in [0.2, 0.25) is 10.0 Å². The monoisotopic (exact) mass is 316 g/mol. The Morgan fingerprint density at radius 2 is 1.81 bits per heavy atom. The van der Waals surface area contributed by atoms with Crippen molar-refractivity contribution in [2.24, 2.45) is 5.92 Å². The molecule has 0 radical (unpaired) electrons. The van der Waals surface area contributed by atoms with Crippen molar-refractivity contribution in [3.05, 3.63) is 35.6 Å². The summed E-state index contributed by atoms with van der Waals surface area (Å²) in [6, 6.07) is 6.02. The quantitative estimate of drug-likeness (QED) is 0.801. The van der Waals surface area contributed by atoms with E-state index in [1.165, 1.54) is 12.1 Å². The maximum atomic E-state index is 13.0. The van der Waals surface area contributed by atoms with Crippen LogP contribution in [-0.4, -0.2) is 39.7 Å². The molecule has 0 aliphatic carbocycles. The first-order chi connectivity index (χ1) is 9.75. The van der Waals surface area contributed by atoms with Crippen LogP contribution in [0.2, 0.25) is 0 Å². The van der Waals surface area contributed by atoms with Crippen LogP contribution in [0.25, 0.3) is 0 Å². The number of nitrogens with zero attached hydrogens (tertiary/aromatic N) is 1. The number of likely N-dealkylation sites (N-methyl/N-ethyl adjacent to an activating group) is 1. The second kappa shape index (κ2) is 7.87. The minimum atomic E-state index is -3.29. The lowest BCUT2D eigenvalue weighted by atomic mass is 10.1. The van der Waals surface area contributed by atoms with Crippen LogP contribution in [0.1, 0.15) is 31.9 Å². The van der Waals surface area contributed by atoms with Gasteiger partial charge in [0.15, 0.2) is 0 Å². The van der Waals surface area contributed by atoms with Crippen molar-refractivity contribution < 1.29 is 12.8 Å². The molecule has 0 saturated heterocycles. The second-order valence-corrected chi connectivity index (χ2v) is 7.53. The van der Waals surface area contributed by atoms with E-state index in [1.807, 2.05) is 32.8 Å². The molecule has 4 nitrogen and oxygen atoms in total. The average molecular weight is 316 g/mol. The molecule has 0 fully saturated rings. The lowest BCUT2D eigenvalue weighted by Gasteiger charge is -2.25. The summed E-state index contributed by atoms with van der Waals surface area (Å²) in [6.45, 7) is 4.17. The minimum absolute atomic E-state index is 0.127. The zero-order chi connectivity index (χ0) is 16.0. The lowest BCUT2D eigenvalue weighted by Crippen LogP contribution is -2.36. The van der Waals surface area contributed by atoms with Gasteiger partial charge < -0.3 is 4.90 Å². The number of benzene rings is 1. The van der Waals surface area contributed by atoms with E-state index in [2.05, 4.69) is 4.72 Å². The van der Waals surface area contributed by atoms with Gasteiger partial charge in [0.05, 0.1) is 5.75 Å². The van der Waals surface area contributed by atoms with Crippen LogP contribution in [0.4, 0.5) is 4.39 Å². The van der Waals surface area contributed by atoms with E-state index in [9.17, 15) is 12.8 Å². The normalized spacial score (nSPS) is 15.1. The van der Waals surface area contributed by atoms with E-state index >= 15 is 0 Å². The van der Waals surface area contributed by atoms with Gasteiger partial charge in [0.25, 0.3) is 0 Å². The van der Waals surface area contributed by atoms with Crippen LogP contribution < -0.4 is 4.72 Å². The molecule has 0 bridgehead atoms. The van der Waals surface area contributed by atoms with E-state index in [-0.39, 0.29) is 30.1 Å². The molecule has 0 aliphatic rings. The molecular formula is C15H25FN2O2S. The fraction of sp³-hybridized carbons (Fsp3) is 0.600. The number of halogens is 1. The molecule has 1 N–H and O–H groups in total. The molecule has 1 rings (SSSR count). The second-order valence-electron chi connectivity index (χ2n) is 5.67. The molecule has 2 atom stereocenters. The molecule has 1 aromatic carbocycles. The Hall–Kier alpha value is -0.980. The lowest BCUT2D eigenvalue weighted by molar-refractivity contribution is 0.299. The summed E-state index contributed by atoms with van der Waals surface area (Å²) in [4.78, 5) is 1.92. The Kier molecular flexibility index (Phi) is 6.77. The molecule has 21 heavy (non-hydrogen) atoms. The first kappa shape index (κ1) is 18.1. The standard InChI is InChI=1S/C15H25FN2O2S/c1-5-12(2)11-21(19,20)17-10-15(18(3)4)13-6-8-14(16)9-7-13/h6-9,12,15,17H,5,10-11H2,1-4H3/t12-,15+/m0/s1. The van der Waals surface area contributed by atoms with E-state index in [4.69, 9.17) is 0 Å². The van der Waals surface area contributed by atoms with Gasteiger partial charge in [0.1, 0.15) is 5.82 Å². The number of rotatable bonds is 8. The van der Waals surface area contributed by atoms with Crippen molar-refractivity contribution in [1.29, 1.82) is 0 Å². The van der Waals surface area contributed by atoms with Crippen molar-refractivity contribution >= 4 is 10.0 Å². The highest BCUT2D eigenvalue weighted by molar-refractivity contribution is 7.89. The number of hydrogen-bond donors (Lipinski definition) is 1. The average Bonchev–Trinajstić information content (AvgIpc) is 2.39. The minimum Gasteiger partial charge on any atom is -0.301 e. The highest BCUT2D eigenvalue weighted by Crippen LogP contribution is 2.18. The van der Waals surface area contributed by atoms with Gasteiger partial charge in [-0.25, -0.2) is 17.5 Å². The van der Waals surface area contributed by atoms with Gasteiger partial charge in [-0.1, -0.05) is 32.4 Å². The SMILES string of the molecule is CC[C@H](C)CS(=O)(=O)NC[C@H](c1ccc(F)cc1)N(C)C. The summed E-state index contributed by atoms with van der Waals surface area (Å²) in [5.74, 6) is -0.0349. The van der Waals surface area contributed by atoms with Crippen LogP contribution in [0.5, 0.6) is 0 Å². The van der Waals surface area contributed by atoms with Gasteiger partial charge in [0, 0.05) is 12.6 Å². The Morgan fingerprint density at radius 3 is 2.29 bits per heavy atom. The maximum Gasteiger partial charge on any atom is 0.211 e. The van der Waals surface area contributed by atoms with Crippen molar-refractivity contribution in [3.8, 4) is 0 Å². The Bertz CT molecular complexity index is 529. The summed E-state index contributed by atoms with van der Waals surface area (Å²) in [5.41, 5.74) is 0.882. The van der Waals surface area contributed by atoms with E-state index in [1.54, 1.807) is 12.1 Å². The maximum absolute atomic E-state index is 13.0. The van der Waals surface area contributed by atoms with Crippen molar-refractivity contribution in [2.45, 2.75) is 26.3 Å². The third kappa shape index (κ3) is 6.11. The smallest absolute Gasteiger partial charge is 0.211 e. The zero-order valence-corrected chi connectivity index (χ0v) is 14.0. The predicted octanol–water partition coefficient (Wildman–Crippen LogP) is 2.39. The summed E-state index contributed by atoms with van der Waals surface area (Å²) in [7, 11) is 0.456. The number of hydrogen-bond acceptors (Lipinski definition) is 3. The molecule has 120 valence electrons. The highest BCUT2D eigenvalue weighted by Gasteiger charge is 2.19. The van der Waals surface area contributed by atoms with Gasteiger partial charge in [-0.05, 0) is 37.7 Å². The fourth-order valence-corrected chi connectivity index (χ4v) is 3.56. The van der Waals surface area contributed by atoms with Crippen LogP contribution in [0, 0.1) is 11.7 Å². The van der Waals surface area contributed by atoms with Crippen molar-refractivity contribution in [3.63, 3.8) is 0 Å². The molecule has 0 unspecified atom stereocenters. The largest absolute Gasteiger partial charge is 0.301 e. The van der Waals surface area contributed by atoms with Gasteiger partial charge >= 0.3 is 0 Å². The molecule has 0 saturated carbocycles. The third-order valence-corrected chi connectivity index (χ3v) is 5.19. The Labute approximate surface area is 127 Å². The molecule has 6 heteroatoms. The van der Waals surface area contributed by atoms with Crippen LogP contribution >= 0.6 is 0 Å². The fourth-order valence-electron chi connectivity index (χ4n) is 2.04. The van der Waals surface area contributed by atoms with E-state index < -0.39 is 10.0 Å². The van der Waals surface area contributed by atoms with Gasteiger partial charge in [-0.15, -0.1) is 0 Å². The summed E-state index contributed by atoms with van der Waals surface area (Å²) in [5, 5.41) is 0. The molecule has 0 amide bonds. The first-order valence-electron chi connectivity index (χ1n) is 7.14. The molecule has 0 aromatic heterocycles. The number of nitrogens with one attached hydrogen (secondary N) is 1. The summed E-state index contributed by atoms with van der Waals surface area (Å²) >= 11 is 0. The third-order valence-electron chi connectivity index (χ3n) is 3.58. The predicted molar refractivity (Wildman–Crippen MR) is 84.1 cm³/mol. The van der Waals surface area contributed by atoms with Crippen LogP contribution in [-0.2, 0) is 10.0 Å². The van der Waals surface area contributed by atoms with Gasteiger partial charge in [-0.3, -0.25) is 0 Å². The van der Waals surface area contributed by atoms with E-state index in [0.717, 1.165) is 12.0 Å². The topological polar surface area (TPSA) is 49.4 Å².